The number of para-hydroxylation sites is 1. The van der Waals surface area contributed by atoms with Gasteiger partial charge in [-0.2, -0.15) is 0 Å². The van der Waals surface area contributed by atoms with Crippen molar-refractivity contribution in [3.05, 3.63) is 43.0 Å². The first-order chi connectivity index (χ1) is 9.91. The predicted octanol–water partition coefficient (Wildman–Crippen LogP) is 0.804. The van der Waals surface area contributed by atoms with Crippen LogP contribution in [0.3, 0.4) is 0 Å². The number of sulfonamides is 1. The molecule has 0 aliphatic heterocycles. The Hall–Kier alpha value is -2.32. The fourth-order valence-corrected chi connectivity index (χ4v) is 2.76. The molecule has 0 saturated heterocycles. The molecule has 1 aromatic heterocycles. The highest BCUT2D eigenvalue weighted by Gasteiger charge is 2.18. The van der Waals surface area contributed by atoms with Crippen LogP contribution >= 0.6 is 0 Å². The SMILES string of the molecule is C=CCS(=O)(=O)NN(CC([NH])=O)c1cc2ccccc2[nH]1. The maximum absolute atomic E-state index is 11.8. The van der Waals surface area contributed by atoms with Crippen LogP contribution in [0, 0.1) is 0 Å². The molecule has 0 unspecified atom stereocenters. The van der Waals surface area contributed by atoms with Gasteiger partial charge in [0.1, 0.15) is 12.4 Å². The summed E-state index contributed by atoms with van der Waals surface area (Å²) >= 11 is 0. The van der Waals surface area contributed by atoms with Crippen LogP contribution in [-0.4, -0.2) is 31.6 Å². The van der Waals surface area contributed by atoms with Gasteiger partial charge < -0.3 is 4.98 Å². The van der Waals surface area contributed by atoms with E-state index in [-0.39, 0.29) is 5.75 Å². The van der Waals surface area contributed by atoms with Crippen LogP contribution in [0.1, 0.15) is 0 Å². The van der Waals surface area contributed by atoms with Gasteiger partial charge in [0.25, 0.3) is 5.91 Å². The lowest BCUT2D eigenvalue weighted by atomic mass is 10.2. The second-order valence-corrected chi connectivity index (χ2v) is 6.16. The predicted molar refractivity (Wildman–Crippen MR) is 80.9 cm³/mol. The van der Waals surface area contributed by atoms with Gasteiger partial charge in [-0.3, -0.25) is 15.5 Å². The molecule has 1 heterocycles. The van der Waals surface area contributed by atoms with Gasteiger partial charge in [-0.15, -0.1) is 11.4 Å². The van der Waals surface area contributed by atoms with Gasteiger partial charge >= 0.3 is 0 Å². The van der Waals surface area contributed by atoms with Gasteiger partial charge in [-0.1, -0.05) is 24.3 Å². The molecule has 0 spiro atoms. The van der Waals surface area contributed by atoms with Crippen molar-refractivity contribution in [2.24, 2.45) is 0 Å². The minimum absolute atomic E-state index is 0.282. The topological polar surface area (TPSA) is 106 Å². The molecule has 21 heavy (non-hydrogen) atoms. The number of aromatic nitrogens is 1. The van der Waals surface area contributed by atoms with Crippen molar-refractivity contribution in [3.8, 4) is 0 Å². The molecule has 1 aromatic carbocycles. The number of fused-ring (bicyclic) bond motifs is 1. The average molecular weight is 307 g/mol. The van der Waals surface area contributed by atoms with Gasteiger partial charge in [0.15, 0.2) is 0 Å². The summed E-state index contributed by atoms with van der Waals surface area (Å²) in [6, 6.07) is 9.08. The van der Waals surface area contributed by atoms with Gasteiger partial charge in [0.2, 0.25) is 10.0 Å². The highest BCUT2D eigenvalue weighted by Crippen LogP contribution is 2.20. The number of amides is 1. The summed E-state index contributed by atoms with van der Waals surface area (Å²) in [6.45, 7) is 2.97. The number of anilines is 1. The van der Waals surface area contributed by atoms with Gasteiger partial charge in [0, 0.05) is 10.9 Å². The quantitative estimate of drug-likeness (QED) is 0.583. The van der Waals surface area contributed by atoms with E-state index in [1.165, 1.54) is 6.08 Å². The van der Waals surface area contributed by atoms with E-state index in [9.17, 15) is 13.2 Å². The lowest BCUT2D eigenvalue weighted by molar-refractivity contribution is -0.117. The highest BCUT2D eigenvalue weighted by atomic mass is 32.2. The first-order valence-corrected chi connectivity index (χ1v) is 7.77. The largest absolute Gasteiger partial charge is 0.340 e. The molecule has 3 N–H and O–H groups in total. The minimum atomic E-state index is -3.66. The number of carbonyl (C=O) groups is 1. The van der Waals surface area contributed by atoms with E-state index in [0.717, 1.165) is 15.9 Å². The van der Waals surface area contributed by atoms with Crippen LogP contribution in [0.2, 0.25) is 0 Å². The molecule has 0 fully saturated rings. The first-order valence-electron chi connectivity index (χ1n) is 6.12. The molecule has 0 bridgehead atoms. The number of hydrogen-bond acceptors (Lipinski definition) is 4. The summed E-state index contributed by atoms with van der Waals surface area (Å²) in [5, 5.41) is 1.98. The molecule has 0 aliphatic rings. The zero-order valence-electron chi connectivity index (χ0n) is 11.2. The lowest BCUT2D eigenvalue weighted by Gasteiger charge is -2.21. The molecular weight excluding hydrogens is 292 g/mol. The number of carbonyl (C=O) groups excluding carboxylic acids is 1. The van der Waals surface area contributed by atoms with Crippen molar-refractivity contribution in [1.29, 1.82) is 0 Å². The van der Waals surface area contributed by atoms with Crippen molar-refractivity contribution in [3.63, 3.8) is 0 Å². The Morgan fingerprint density at radius 3 is 2.76 bits per heavy atom. The molecule has 0 aliphatic carbocycles. The van der Waals surface area contributed by atoms with Crippen LogP contribution in [0.25, 0.3) is 10.9 Å². The number of rotatable bonds is 7. The number of nitrogens with one attached hydrogen (secondary N) is 3. The van der Waals surface area contributed by atoms with Gasteiger partial charge in [-0.25, -0.2) is 8.42 Å². The minimum Gasteiger partial charge on any atom is -0.340 e. The lowest BCUT2D eigenvalue weighted by Crippen LogP contribution is -2.46. The van der Waals surface area contributed by atoms with E-state index < -0.39 is 22.5 Å². The third-order valence-electron chi connectivity index (χ3n) is 2.69. The van der Waals surface area contributed by atoms with E-state index in [0.29, 0.717) is 5.82 Å². The summed E-state index contributed by atoms with van der Waals surface area (Å²) < 4.78 is 23.6. The first kappa shape index (κ1) is 15.1. The van der Waals surface area contributed by atoms with Crippen molar-refractivity contribution < 1.29 is 13.2 Å². The fraction of sp³-hybridized carbons (Fsp3) is 0.154. The van der Waals surface area contributed by atoms with Crippen molar-refractivity contribution in [2.75, 3.05) is 17.3 Å². The van der Waals surface area contributed by atoms with E-state index in [1.807, 2.05) is 24.3 Å². The molecule has 2 rings (SSSR count). The number of H-pyrrole nitrogens is 1. The molecule has 2 aromatic rings. The average Bonchev–Trinajstić information content (AvgIpc) is 2.80. The van der Waals surface area contributed by atoms with Crippen LogP contribution in [0.5, 0.6) is 0 Å². The molecule has 7 nitrogen and oxygen atoms in total. The second-order valence-electron chi connectivity index (χ2n) is 4.41. The summed E-state index contributed by atoms with van der Waals surface area (Å²) in [4.78, 5) is 16.3. The van der Waals surface area contributed by atoms with Gasteiger partial charge in [-0.05, 0) is 12.1 Å². The number of benzene rings is 1. The van der Waals surface area contributed by atoms with Crippen LogP contribution in [0.4, 0.5) is 5.82 Å². The highest BCUT2D eigenvalue weighted by molar-refractivity contribution is 7.89. The maximum Gasteiger partial charge on any atom is 0.259 e. The summed E-state index contributed by atoms with van der Waals surface area (Å²) in [7, 11) is -3.66. The van der Waals surface area contributed by atoms with Crippen molar-refractivity contribution in [1.82, 2.24) is 15.5 Å². The molecule has 0 saturated carbocycles. The molecular formula is C13H15N4O3S. The smallest absolute Gasteiger partial charge is 0.259 e. The normalized spacial score (nSPS) is 11.4. The molecule has 0 atom stereocenters. The van der Waals surface area contributed by atoms with E-state index in [2.05, 4.69) is 16.4 Å². The van der Waals surface area contributed by atoms with Crippen LogP contribution in [-0.2, 0) is 14.8 Å². The van der Waals surface area contributed by atoms with Crippen LogP contribution < -0.4 is 15.6 Å². The summed E-state index contributed by atoms with van der Waals surface area (Å²) in [5.41, 5.74) is 7.86. The third kappa shape index (κ3) is 3.83. The number of hydrazine groups is 1. The van der Waals surface area contributed by atoms with E-state index >= 15 is 0 Å². The second kappa shape index (κ2) is 5.98. The molecule has 1 radical (unpaired) electrons. The standard InChI is InChI=1S/C13H15N4O3S/c1-2-7-21(19,20)16-17(9-12(14)18)13-8-10-5-3-4-6-11(10)15-13/h2-6,8,14-16H,1,7,9H2. The maximum atomic E-state index is 11.8. The Morgan fingerprint density at radius 2 is 2.14 bits per heavy atom. The van der Waals surface area contributed by atoms with Crippen molar-refractivity contribution in [2.45, 2.75) is 0 Å². The van der Waals surface area contributed by atoms with E-state index in [1.54, 1.807) is 6.07 Å². The zero-order valence-corrected chi connectivity index (χ0v) is 12.0. The van der Waals surface area contributed by atoms with Crippen LogP contribution in [0.15, 0.2) is 43.0 Å². The molecule has 1 amide bonds. The Kier molecular flexibility index (Phi) is 4.29. The third-order valence-corrected chi connectivity index (χ3v) is 3.87. The molecule has 111 valence electrons. The number of aromatic amines is 1. The van der Waals surface area contributed by atoms with E-state index in [4.69, 9.17) is 5.73 Å². The monoisotopic (exact) mass is 307 g/mol. The summed E-state index contributed by atoms with van der Waals surface area (Å²) in [6.07, 6.45) is 1.24. The Morgan fingerprint density at radius 1 is 1.43 bits per heavy atom. The molecule has 8 heteroatoms. The number of nitrogens with zero attached hydrogens (tertiary/aromatic N) is 1. The summed E-state index contributed by atoms with van der Waals surface area (Å²) in [5.74, 6) is -0.796. The van der Waals surface area contributed by atoms with Gasteiger partial charge in [0.05, 0.1) is 5.75 Å². The Labute approximate surface area is 122 Å². The zero-order chi connectivity index (χ0) is 15.5. The fourth-order valence-electron chi connectivity index (χ4n) is 1.87. The van der Waals surface area contributed by atoms with Crippen molar-refractivity contribution >= 4 is 32.7 Å². The number of hydrogen-bond donors (Lipinski definition) is 2. The Balaban J connectivity index is 2.35. The Bertz CT molecular complexity index is 734.